The Hall–Kier alpha value is -3.60. The second-order valence-corrected chi connectivity index (χ2v) is 6.84. The van der Waals surface area contributed by atoms with Crippen molar-refractivity contribution in [1.82, 2.24) is 4.40 Å². The van der Waals surface area contributed by atoms with Gasteiger partial charge in [0.15, 0.2) is 0 Å². The lowest BCUT2D eigenvalue weighted by molar-refractivity contribution is 0.0529. The molecule has 0 spiro atoms. The summed E-state index contributed by atoms with van der Waals surface area (Å²) in [6.45, 7) is 4.00. The van der Waals surface area contributed by atoms with Crippen LogP contribution in [0.5, 0.6) is 5.75 Å². The first-order valence-corrected chi connectivity index (χ1v) is 9.44. The molecule has 29 heavy (non-hydrogen) atoms. The van der Waals surface area contributed by atoms with Crippen LogP contribution in [0.15, 0.2) is 60.7 Å². The molecule has 5 heteroatoms. The second-order valence-electron chi connectivity index (χ2n) is 6.84. The largest absolute Gasteiger partial charge is 0.497 e. The fourth-order valence-electron chi connectivity index (χ4n) is 3.51. The number of rotatable bonds is 5. The van der Waals surface area contributed by atoms with Crippen molar-refractivity contribution in [2.24, 2.45) is 0 Å². The molecule has 0 saturated heterocycles. The van der Waals surface area contributed by atoms with E-state index in [4.69, 9.17) is 9.47 Å². The Morgan fingerprint density at radius 3 is 2.34 bits per heavy atom. The zero-order valence-electron chi connectivity index (χ0n) is 16.6. The van der Waals surface area contributed by atoms with Gasteiger partial charge in [-0.1, -0.05) is 35.9 Å². The molecule has 2 heterocycles. The molecule has 0 N–H and O–H groups in total. The number of carbonyl (C=O) groups is 2. The molecule has 0 radical (unpaired) electrons. The quantitative estimate of drug-likeness (QED) is 0.364. The molecule has 0 atom stereocenters. The number of ketones is 1. The average molecular weight is 387 g/mol. The van der Waals surface area contributed by atoms with Crippen molar-refractivity contribution in [3.63, 3.8) is 0 Å². The minimum Gasteiger partial charge on any atom is -0.497 e. The van der Waals surface area contributed by atoms with E-state index < -0.39 is 5.97 Å². The molecule has 4 rings (SSSR count). The third-order valence-electron chi connectivity index (χ3n) is 4.98. The monoisotopic (exact) mass is 387 g/mol. The highest BCUT2D eigenvalue weighted by Crippen LogP contribution is 2.28. The molecule has 0 aliphatic rings. The fraction of sp³-hybridized carbons (Fsp3) is 0.167. The number of benzene rings is 2. The molecule has 0 bridgehead atoms. The van der Waals surface area contributed by atoms with Crippen molar-refractivity contribution in [2.45, 2.75) is 13.8 Å². The van der Waals surface area contributed by atoms with Crippen molar-refractivity contribution in [2.75, 3.05) is 13.7 Å². The van der Waals surface area contributed by atoms with Gasteiger partial charge < -0.3 is 13.9 Å². The lowest BCUT2D eigenvalue weighted by atomic mass is 10.1. The van der Waals surface area contributed by atoms with Gasteiger partial charge in [0.25, 0.3) is 0 Å². The third-order valence-corrected chi connectivity index (χ3v) is 4.98. The molecule has 0 unspecified atom stereocenters. The second kappa shape index (κ2) is 7.43. The Morgan fingerprint density at radius 1 is 0.931 bits per heavy atom. The van der Waals surface area contributed by atoms with E-state index in [0.717, 1.165) is 22.2 Å². The summed E-state index contributed by atoms with van der Waals surface area (Å²) in [5.74, 6) is 0.126. The van der Waals surface area contributed by atoms with E-state index in [0.29, 0.717) is 22.3 Å². The lowest BCUT2D eigenvalue weighted by Gasteiger charge is -2.09. The first-order chi connectivity index (χ1) is 14.0. The van der Waals surface area contributed by atoms with E-state index in [1.54, 1.807) is 32.2 Å². The average Bonchev–Trinajstić information content (AvgIpc) is 3.13. The van der Waals surface area contributed by atoms with Gasteiger partial charge in [-0.2, -0.15) is 0 Å². The summed E-state index contributed by atoms with van der Waals surface area (Å²) in [6.07, 6.45) is 0. The number of hydrogen-bond donors (Lipinski definition) is 0. The van der Waals surface area contributed by atoms with Crippen molar-refractivity contribution in [3.05, 3.63) is 83.0 Å². The third kappa shape index (κ3) is 3.25. The van der Waals surface area contributed by atoms with Crippen LogP contribution in [0.1, 0.15) is 38.9 Å². The van der Waals surface area contributed by atoms with E-state index in [1.807, 2.05) is 53.8 Å². The maximum absolute atomic E-state index is 13.3. The highest BCUT2D eigenvalue weighted by atomic mass is 16.5. The highest BCUT2D eigenvalue weighted by molar-refractivity contribution is 6.12. The Labute approximate surface area is 168 Å². The van der Waals surface area contributed by atoms with E-state index in [1.165, 1.54) is 0 Å². The van der Waals surface area contributed by atoms with Gasteiger partial charge in [-0.15, -0.1) is 0 Å². The van der Waals surface area contributed by atoms with Crippen LogP contribution in [0.4, 0.5) is 0 Å². The standard InChI is InChI=1S/C24H21NO4/c1-4-29-24(27)19-14-22(23(26)16-7-5-15(2)6-8-16)25-20-12-10-18(28-3)13-17(20)9-11-21(19)25/h5-14H,4H2,1-3H3. The van der Waals surface area contributed by atoms with Crippen molar-refractivity contribution in [1.29, 1.82) is 0 Å². The van der Waals surface area contributed by atoms with Gasteiger partial charge in [0.1, 0.15) is 5.75 Å². The van der Waals surface area contributed by atoms with E-state index >= 15 is 0 Å². The van der Waals surface area contributed by atoms with Gasteiger partial charge in [-0.3, -0.25) is 4.79 Å². The van der Waals surface area contributed by atoms with Gasteiger partial charge in [0.05, 0.1) is 36.0 Å². The van der Waals surface area contributed by atoms with Gasteiger partial charge in [0.2, 0.25) is 5.78 Å². The molecule has 0 amide bonds. The maximum Gasteiger partial charge on any atom is 0.340 e. The van der Waals surface area contributed by atoms with Crippen LogP contribution in [-0.4, -0.2) is 29.9 Å². The number of aryl methyl sites for hydroxylation is 1. The molecule has 0 aliphatic carbocycles. The van der Waals surface area contributed by atoms with Gasteiger partial charge >= 0.3 is 5.97 Å². The molecule has 0 aliphatic heterocycles. The summed E-state index contributed by atoms with van der Waals surface area (Å²) in [5.41, 5.74) is 3.89. The van der Waals surface area contributed by atoms with Crippen LogP contribution < -0.4 is 4.74 Å². The van der Waals surface area contributed by atoms with E-state index in [-0.39, 0.29) is 12.4 Å². The Morgan fingerprint density at radius 2 is 1.66 bits per heavy atom. The van der Waals surface area contributed by atoms with Crippen molar-refractivity contribution in [3.8, 4) is 5.75 Å². The Bertz CT molecular complexity index is 1240. The summed E-state index contributed by atoms with van der Waals surface area (Å²) in [6, 6.07) is 18.4. The molecular weight excluding hydrogens is 366 g/mol. The Kier molecular flexibility index (Phi) is 4.80. The summed E-state index contributed by atoms with van der Waals surface area (Å²) < 4.78 is 12.4. The molecule has 5 nitrogen and oxygen atoms in total. The molecule has 2 aromatic heterocycles. The maximum atomic E-state index is 13.3. The van der Waals surface area contributed by atoms with Crippen LogP contribution in [0.25, 0.3) is 16.4 Å². The lowest BCUT2D eigenvalue weighted by Crippen LogP contribution is -2.06. The molecule has 4 aromatic rings. The van der Waals surface area contributed by atoms with Gasteiger partial charge in [-0.05, 0) is 44.2 Å². The summed E-state index contributed by atoms with van der Waals surface area (Å²) in [4.78, 5) is 25.9. The Balaban J connectivity index is 2.00. The zero-order chi connectivity index (χ0) is 20.5. The number of hydrogen-bond acceptors (Lipinski definition) is 4. The summed E-state index contributed by atoms with van der Waals surface area (Å²) in [7, 11) is 1.61. The predicted octanol–water partition coefficient (Wildman–Crippen LogP) is 4.82. The molecular formula is C24H21NO4. The van der Waals surface area contributed by atoms with Crippen molar-refractivity contribution < 1.29 is 19.1 Å². The molecule has 2 aromatic carbocycles. The number of aromatic nitrogens is 1. The number of nitrogens with zero attached hydrogens (tertiary/aromatic N) is 1. The van der Waals surface area contributed by atoms with Crippen molar-refractivity contribution >= 4 is 28.2 Å². The van der Waals surface area contributed by atoms with Crippen LogP contribution in [0.2, 0.25) is 0 Å². The number of ether oxygens (including phenoxy) is 2. The number of pyridine rings is 1. The summed E-state index contributed by atoms with van der Waals surface area (Å²) in [5, 5.41) is 0.904. The molecule has 146 valence electrons. The normalized spacial score (nSPS) is 11.0. The van der Waals surface area contributed by atoms with Crippen LogP contribution >= 0.6 is 0 Å². The number of carbonyl (C=O) groups excluding carboxylic acids is 2. The van der Waals surface area contributed by atoms with Crippen LogP contribution in [0, 0.1) is 6.92 Å². The molecule has 0 saturated carbocycles. The first-order valence-electron chi connectivity index (χ1n) is 9.44. The van der Waals surface area contributed by atoms with Crippen LogP contribution in [0.3, 0.4) is 0 Å². The topological polar surface area (TPSA) is 57.0 Å². The van der Waals surface area contributed by atoms with Crippen LogP contribution in [-0.2, 0) is 4.74 Å². The minimum atomic E-state index is -0.444. The van der Waals surface area contributed by atoms with E-state index in [2.05, 4.69) is 0 Å². The minimum absolute atomic E-state index is 0.154. The van der Waals surface area contributed by atoms with Gasteiger partial charge in [-0.25, -0.2) is 4.79 Å². The van der Waals surface area contributed by atoms with Gasteiger partial charge in [0, 0.05) is 10.9 Å². The number of fused-ring (bicyclic) bond motifs is 3. The summed E-state index contributed by atoms with van der Waals surface area (Å²) >= 11 is 0. The molecule has 0 fully saturated rings. The number of methoxy groups -OCH3 is 1. The van der Waals surface area contributed by atoms with E-state index in [9.17, 15) is 9.59 Å². The number of esters is 1. The highest BCUT2D eigenvalue weighted by Gasteiger charge is 2.22. The smallest absolute Gasteiger partial charge is 0.340 e. The first kappa shape index (κ1) is 18.7. The fourth-order valence-corrected chi connectivity index (χ4v) is 3.51. The predicted molar refractivity (Wildman–Crippen MR) is 112 cm³/mol. The SMILES string of the molecule is CCOC(=O)c1cc(C(=O)c2ccc(C)cc2)n2c1ccc1cc(OC)ccc12. The zero-order valence-corrected chi connectivity index (χ0v) is 16.6.